The van der Waals surface area contributed by atoms with E-state index in [0.717, 1.165) is 16.9 Å². The number of aliphatic hydroxyl groups excluding tert-OH is 1. The minimum atomic E-state index is 0. The fourth-order valence-electron chi connectivity index (χ4n) is 2.66. The number of halogens is 1. The SMILES string of the molecule is Cl.OCCNCc1c(OCc2ccccc2)ccc2ccccc12. The Kier molecular flexibility index (Phi) is 7.07. The van der Waals surface area contributed by atoms with Gasteiger partial charge in [0.1, 0.15) is 12.4 Å². The van der Waals surface area contributed by atoms with Gasteiger partial charge in [0.05, 0.1) is 6.61 Å². The number of benzene rings is 3. The zero-order chi connectivity index (χ0) is 15.9. The summed E-state index contributed by atoms with van der Waals surface area (Å²) < 4.78 is 6.06. The second kappa shape index (κ2) is 9.28. The van der Waals surface area contributed by atoms with Crippen molar-refractivity contribution in [3.63, 3.8) is 0 Å². The van der Waals surface area contributed by atoms with Crippen LogP contribution in [0.5, 0.6) is 5.75 Å². The molecular weight excluding hydrogens is 322 g/mol. The number of hydrogen-bond acceptors (Lipinski definition) is 3. The van der Waals surface area contributed by atoms with Crippen LogP contribution in [0.25, 0.3) is 10.8 Å². The molecule has 0 bridgehead atoms. The molecular formula is C20H22ClNO2. The molecule has 0 radical (unpaired) electrons. The van der Waals surface area contributed by atoms with Crippen LogP contribution in [0.3, 0.4) is 0 Å². The monoisotopic (exact) mass is 343 g/mol. The number of rotatable bonds is 7. The quantitative estimate of drug-likeness (QED) is 0.639. The van der Waals surface area contributed by atoms with E-state index in [-0.39, 0.29) is 19.0 Å². The molecule has 24 heavy (non-hydrogen) atoms. The van der Waals surface area contributed by atoms with Crippen LogP contribution < -0.4 is 10.1 Å². The predicted octanol–water partition coefficient (Wildman–Crippen LogP) is 3.92. The Labute approximate surface area is 148 Å². The maximum Gasteiger partial charge on any atom is 0.124 e. The van der Waals surface area contributed by atoms with E-state index in [1.807, 2.05) is 36.4 Å². The van der Waals surface area contributed by atoms with Gasteiger partial charge in [-0.15, -0.1) is 12.4 Å². The summed E-state index contributed by atoms with van der Waals surface area (Å²) in [6.45, 7) is 1.92. The van der Waals surface area contributed by atoms with Crippen LogP contribution in [0.2, 0.25) is 0 Å². The minimum Gasteiger partial charge on any atom is -0.489 e. The van der Waals surface area contributed by atoms with Gasteiger partial charge >= 0.3 is 0 Å². The molecule has 0 unspecified atom stereocenters. The predicted molar refractivity (Wildman–Crippen MR) is 101 cm³/mol. The van der Waals surface area contributed by atoms with E-state index in [1.54, 1.807) is 0 Å². The molecule has 0 amide bonds. The van der Waals surface area contributed by atoms with Crippen LogP contribution in [0, 0.1) is 0 Å². The van der Waals surface area contributed by atoms with Gasteiger partial charge < -0.3 is 15.2 Å². The summed E-state index contributed by atoms with van der Waals surface area (Å²) in [4.78, 5) is 0. The molecule has 0 aliphatic rings. The number of fused-ring (bicyclic) bond motifs is 1. The summed E-state index contributed by atoms with van der Waals surface area (Å²) in [5.74, 6) is 0.887. The van der Waals surface area contributed by atoms with Crippen molar-refractivity contribution in [3.8, 4) is 5.75 Å². The molecule has 126 valence electrons. The Morgan fingerprint density at radius 2 is 1.62 bits per heavy atom. The molecule has 3 aromatic carbocycles. The van der Waals surface area contributed by atoms with Gasteiger partial charge in [-0.3, -0.25) is 0 Å². The molecule has 0 aromatic heterocycles. The second-order valence-electron chi connectivity index (χ2n) is 5.44. The first-order valence-electron chi connectivity index (χ1n) is 7.87. The summed E-state index contributed by atoms with van der Waals surface area (Å²) >= 11 is 0. The van der Waals surface area contributed by atoms with Gasteiger partial charge in [0.2, 0.25) is 0 Å². The van der Waals surface area contributed by atoms with Crippen LogP contribution in [-0.2, 0) is 13.2 Å². The highest BCUT2D eigenvalue weighted by Gasteiger charge is 2.09. The van der Waals surface area contributed by atoms with Crippen molar-refractivity contribution in [2.45, 2.75) is 13.2 Å². The van der Waals surface area contributed by atoms with Crippen LogP contribution in [0.15, 0.2) is 66.7 Å². The van der Waals surface area contributed by atoms with Gasteiger partial charge in [-0.1, -0.05) is 60.7 Å². The Morgan fingerprint density at radius 1 is 0.875 bits per heavy atom. The smallest absolute Gasteiger partial charge is 0.124 e. The second-order valence-corrected chi connectivity index (χ2v) is 5.44. The lowest BCUT2D eigenvalue weighted by Crippen LogP contribution is -2.18. The molecule has 0 aliphatic carbocycles. The van der Waals surface area contributed by atoms with Gasteiger partial charge in [0, 0.05) is 18.7 Å². The topological polar surface area (TPSA) is 41.5 Å². The molecule has 2 N–H and O–H groups in total. The number of nitrogens with one attached hydrogen (secondary N) is 1. The summed E-state index contributed by atoms with van der Waals surface area (Å²) in [7, 11) is 0. The maximum absolute atomic E-state index is 8.99. The Hall–Kier alpha value is -2.07. The highest BCUT2D eigenvalue weighted by molar-refractivity contribution is 5.87. The first-order chi connectivity index (χ1) is 11.4. The molecule has 0 fully saturated rings. The van der Waals surface area contributed by atoms with E-state index in [9.17, 15) is 0 Å². The van der Waals surface area contributed by atoms with Crippen molar-refractivity contribution in [2.75, 3.05) is 13.2 Å². The maximum atomic E-state index is 8.99. The lowest BCUT2D eigenvalue weighted by Gasteiger charge is -2.15. The molecule has 0 spiro atoms. The number of hydrogen-bond donors (Lipinski definition) is 2. The van der Waals surface area contributed by atoms with Gasteiger partial charge in [0.25, 0.3) is 0 Å². The molecule has 0 saturated carbocycles. The van der Waals surface area contributed by atoms with Gasteiger partial charge in [-0.2, -0.15) is 0 Å². The Balaban J connectivity index is 0.00000208. The third kappa shape index (κ3) is 4.48. The summed E-state index contributed by atoms with van der Waals surface area (Å²) in [5.41, 5.74) is 2.28. The van der Waals surface area contributed by atoms with E-state index in [1.165, 1.54) is 10.8 Å². The van der Waals surface area contributed by atoms with Crippen molar-refractivity contribution in [2.24, 2.45) is 0 Å². The zero-order valence-corrected chi connectivity index (χ0v) is 14.3. The van der Waals surface area contributed by atoms with E-state index in [0.29, 0.717) is 19.7 Å². The highest BCUT2D eigenvalue weighted by Crippen LogP contribution is 2.28. The molecule has 4 heteroatoms. The average Bonchev–Trinajstić information content (AvgIpc) is 2.62. The fraction of sp³-hybridized carbons (Fsp3) is 0.200. The summed E-state index contributed by atoms with van der Waals surface area (Å²) in [6, 6.07) is 22.6. The first kappa shape index (κ1) is 18.3. The van der Waals surface area contributed by atoms with Crippen LogP contribution >= 0.6 is 12.4 Å². The zero-order valence-electron chi connectivity index (χ0n) is 13.4. The third-order valence-corrected chi connectivity index (χ3v) is 3.83. The average molecular weight is 344 g/mol. The van der Waals surface area contributed by atoms with Crippen LogP contribution in [0.4, 0.5) is 0 Å². The highest BCUT2D eigenvalue weighted by atomic mass is 35.5. The van der Waals surface area contributed by atoms with E-state index in [2.05, 4.69) is 35.6 Å². The van der Waals surface area contributed by atoms with Crippen molar-refractivity contribution < 1.29 is 9.84 Å². The van der Waals surface area contributed by atoms with E-state index in [4.69, 9.17) is 9.84 Å². The van der Waals surface area contributed by atoms with Crippen LogP contribution in [0.1, 0.15) is 11.1 Å². The van der Waals surface area contributed by atoms with Gasteiger partial charge in [-0.25, -0.2) is 0 Å². The lowest BCUT2D eigenvalue weighted by molar-refractivity contribution is 0.288. The molecule has 0 atom stereocenters. The third-order valence-electron chi connectivity index (χ3n) is 3.83. The van der Waals surface area contributed by atoms with Gasteiger partial charge in [0.15, 0.2) is 0 Å². The van der Waals surface area contributed by atoms with Crippen molar-refractivity contribution in [1.82, 2.24) is 5.32 Å². The normalized spacial score (nSPS) is 10.4. The van der Waals surface area contributed by atoms with Crippen molar-refractivity contribution in [1.29, 1.82) is 0 Å². The number of ether oxygens (including phenoxy) is 1. The number of aliphatic hydroxyl groups is 1. The Morgan fingerprint density at radius 3 is 2.42 bits per heavy atom. The molecule has 3 aromatic rings. The van der Waals surface area contributed by atoms with Crippen molar-refractivity contribution in [3.05, 3.63) is 77.9 Å². The summed E-state index contributed by atoms with van der Waals surface area (Å²) in [6.07, 6.45) is 0. The lowest BCUT2D eigenvalue weighted by atomic mass is 10.0. The molecule has 0 saturated heterocycles. The summed E-state index contributed by atoms with van der Waals surface area (Å²) in [5, 5.41) is 14.6. The minimum absolute atomic E-state index is 0. The first-order valence-corrected chi connectivity index (χ1v) is 7.87. The molecule has 0 heterocycles. The standard InChI is InChI=1S/C20H21NO2.ClH/c22-13-12-21-14-19-18-9-5-4-8-17(18)10-11-20(19)23-15-16-6-2-1-3-7-16;/h1-11,21-22H,12-15H2;1H. The fourth-order valence-corrected chi connectivity index (χ4v) is 2.66. The van der Waals surface area contributed by atoms with E-state index < -0.39 is 0 Å². The van der Waals surface area contributed by atoms with Crippen molar-refractivity contribution >= 4 is 23.2 Å². The van der Waals surface area contributed by atoms with Gasteiger partial charge in [-0.05, 0) is 22.4 Å². The molecule has 3 rings (SSSR count). The molecule has 0 aliphatic heterocycles. The van der Waals surface area contributed by atoms with E-state index >= 15 is 0 Å². The molecule has 3 nitrogen and oxygen atoms in total. The Bertz CT molecular complexity index is 762. The largest absolute Gasteiger partial charge is 0.489 e. The van der Waals surface area contributed by atoms with Crippen LogP contribution in [-0.4, -0.2) is 18.3 Å².